The lowest BCUT2D eigenvalue weighted by Gasteiger charge is -2.50. The van der Waals surface area contributed by atoms with E-state index in [-0.39, 0.29) is 18.4 Å². The highest BCUT2D eigenvalue weighted by atomic mass is 16.5. The van der Waals surface area contributed by atoms with Crippen LogP contribution >= 0.6 is 0 Å². The van der Waals surface area contributed by atoms with Gasteiger partial charge in [-0.05, 0) is 27.7 Å². The average molecular weight is 225 g/mol. The predicted octanol–water partition coefficient (Wildman–Crippen LogP) is 1.53. The molecule has 90 valence electrons. The summed E-state index contributed by atoms with van der Waals surface area (Å²) in [5.74, 6) is -0.386. The van der Waals surface area contributed by atoms with Crippen molar-refractivity contribution in [2.45, 2.75) is 64.0 Å². The van der Waals surface area contributed by atoms with Crippen LogP contribution in [0.15, 0.2) is 0 Å². The molecule has 0 aromatic rings. The second-order valence-electron chi connectivity index (χ2n) is 5.66. The smallest absolute Gasteiger partial charge is 0.297 e. The molecular formula is C11H20BNO3. The Morgan fingerprint density at radius 3 is 2.19 bits per heavy atom. The standard InChI is InChI=1S/C11H20BNO3/c1-10(2)5-8(16-9(14)7-12)6-11(3,4)13(10)15/h8,15H,5-7H2,1-4H3. The highest BCUT2D eigenvalue weighted by Gasteiger charge is 2.46. The Morgan fingerprint density at radius 1 is 1.38 bits per heavy atom. The molecule has 0 saturated carbocycles. The van der Waals surface area contributed by atoms with Crippen molar-refractivity contribution in [3.63, 3.8) is 0 Å². The maximum absolute atomic E-state index is 11.2. The topological polar surface area (TPSA) is 49.8 Å². The summed E-state index contributed by atoms with van der Waals surface area (Å²) >= 11 is 0. The van der Waals surface area contributed by atoms with Gasteiger partial charge in [-0.3, -0.25) is 4.79 Å². The number of carbonyl (C=O) groups is 1. The second-order valence-corrected chi connectivity index (χ2v) is 5.66. The Labute approximate surface area is 98.3 Å². The van der Waals surface area contributed by atoms with Crippen LogP contribution in [0.5, 0.6) is 0 Å². The van der Waals surface area contributed by atoms with Crippen molar-refractivity contribution in [2.75, 3.05) is 0 Å². The molecule has 1 N–H and O–H groups in total. The lowest BCUT2D eigenvalue weighted by molar-refractivity contribution is -0.259. The van der Waals surface area contributed by atoms with Crippen LogP contribution in [0.4, 0.5) is 0 Å². The third-order valence-corrected chi connectivity index (χ3v) is 3.07. The highest BCUT2D eigenvalue weighted by molar-refractivity contribution is 6.18. The van der Waals surface area contributed by atoms with Gasteiger partial charge in [-0.2, -0.15) is 5.06 Å². The quantitative estimate of drug-likeness (QED) is 0.571. The number of hydrogen-bond acceptors (Lipinski definition) is 4. The molecule has 0 aromatic carbocycles. The molecule has 0 aromatic heterocycles. The van der Waals surface area contributed by atoms with Crippen LogP contribution in [-0.2, 0) is 9.53 Å². The molecule has 4 nitrogen and oxygen atoms in total. The lowest BCUT2D eigenvalue weighted by Crippen LogP contribution is -2.60. The van der Waals surface area contributed by atoms with Crippen LogP contribution in [0.1, 0.15) is 40.5 Å². The summed E-state index contributed by atoms with van der Waals surface area (Å²) in [5, 5.41) is 11.4. The molecule has 1 rings (SSSR count). The van der Waals surface area contributed by atoms with Gasteiger partial charge in [0.15, 0.2) is 0 Å². The number of hydroxylamine groups is 2. The molecule has 0 bridgehead atoms. The van der Waals surface area contributed by atoms with Crippen molar-refractivity contribution >= 4 is 13.8 Å². The number of ether oxygens (including phenoxy) is 1. The largest absolute Gasteiger partial charge is 0.463 e. The molecule has 0 amide bonds. The van der Waals surface area contributed by atoms with Crippen molar-refractivity contribution in [3.8, 4) is 0 Å². The molecule has 5 heteroatoms. The minimum absolute atomic E-state index is 0.0970. The van der Waals surface area contributed by atoms with Crippen LogP contribution in [0, 0.1) is 0 Å². The van der Waals surface area contributed by atoms with Crippen LogP contribution in [-0.4, -0.2) is 41.3 Å². The van der Waals surface area contributed by atoms with Crippen molar-refractivity contribution < 1.29 is 14.7 Å². The number of nitrogens with zero attached hydrogens (tertiary/aromatic N) is 1. The fourth-order valence-corrected chi connectivity index (χ4v) is 2.50. The SMILES string of the molecule is [B]CC(=O)OC1CC(C)(C)N(O)C(C)(C)C1. The van der Waals surface area contributed by atoms with E-state index in [0.29, 0.717) is 12.8 Å². The van der Waals surface area contributed by atoms with E-state index in [2.05, 4.69) is 0 Å². The zero-order valence-electron chi connectivity index (χ0n) is 10.5. The third kappa shape index (κ3) is 2.77. The van der Waals surface area contributed by atoms with Crippen LogP contribution < -0.4 is 0 Å². The highest BCUT2D eigenvalue weighted by Crippen LogP contribution is 2.37. The minimum Gasteiger partial charge on any atom is -0.463 e. The van der Waals surface area contributed by atoms with Crippen LogP contribution in [0.3, 0.4) is 0 Å². The normalized spacial score (nSPS) is 25.3. The summed E-state index contributed by atoms with van der Waals surface area (Å²) in [6, 6.07) is 0. The van der Waals surface area contributed by atoms with E-state index in [1.54, 1.807) is 0 Å². The molecule has 0 atom stereocenters. The van der Waals surface area contributed by atoms with Gasteiger partial charge >= 0.3 is 0 Å². The Morgan fingerprint density at radius 2 is 1.81 bits per heavy atom. The Kier molecular flexibility index (Phi) is 3.70. The predicted molar refractivity (Wildman–Crippen MR) is 61.5 cm³/mol. The Balaban J connectivity index is 2.75. The molecule has 2 radical (unpaired) electrons. The van der Waals surface area contributed by atoms with E-state index < -0.39 is 11.1 Å². The third-order valence-electron chi connectivity index (χ3n) is 3.07. The summed E-state index contributed by atoms with van der Waals surface area (Å²) in [5.41, 5.74) is -0.803. The Hall–Kier alpha value is -0.545. The van der Waals surface area contributed by atoms with E-state index in [9.17, 15) is 10.0 Å². The fraction of sp³-hybridized carbons (Fsp3) is 0.909. The summed E-state index contributed by atoms with van der Waals surface area (Å²) < 4.78 is 5.26. The van der Waals surface area contributed by atoms with Crippen molar-refractivity contribution in [1.29, 1.82) is 0 Å². The molecule has 0 aliphatic carbocycles. The number of rotatable bonds is 2. The molecule has 1 heterocycles. The fourth-order valence-electron chi connectivity index (χ4n) is 2.50. The van der Waals surface area contributed by atoms with Crippen molar-refractivity contribution in [2.24, 2.45) is 0 Å². The van der Waals surface area contributed by atoms with Gasteiger partial charge in [0.25, 0.3) is 5.97 Å². The zero-order valence-corrected chi connectivity index (χ0v) is 10.5. The molecule has 1 aliphatic rings. The number of piperidine rings is 1. The van der Waals surface area contributed by atoms with Gasteiger partial charge in [-0.25, -0.2) is 0 Å². The molecule has 1 aliphatic heterocycles. The molecule has 1 saturated heterocycles. The first-order valence-corrected chi connectivity index (χ1v) is 5.58. The zero-order chi connectivity index (χ0) is 12.6. The van der Waals surface area contributed by atoms with Gasteiger partial charge in [0.1, 0.15) is 6.10 Å². The van der Waals surface area contributed by atoms with Crippen LogP contribution in [0.2, 0.25) is 6.32 Å². The first-order valence-electron chi connectivity index (χ1n) is 5.58. The van der Waals surface area contributed by atoms with E-state index in [4.69, 9.17) is 12.6 Å². The summed E-state index contributed by atoms with van der Waals surface area (Å²) in [6.45, 7) is 7.71. The molecule has 1 fully saturated rings. The second kappa shape index (κ2) is 4.38. The van der Waals surface area contributed by atoms with E-state index in [0.717, 1.165) is 0 Å². The number of hydrogen-bond donors (Lipinski definition) is 1. The minimum atomic E-state index is -0.401. The van der Waals surface area contributed by atoms with Crippen molar-refractivity contribution in [1.82, 2.24) is 5.06 Å². The first-order chi connectivity index (χ1) is 7.19. The first kappa shape index (κ1) is 13.5. The van der Waals surface area contributed by atoms with Gasteiger partial charge in [-0.1, -0.05) is 0 Å². The molecular weight excluding hydrogens is 205 g/mol. The number of carbonyl (C=O) groups excluding carboxylic acids is 1. The van der Waals surface area contributed by atoms with Crippen molar-refractivity contribution in [3.05, 3.63) is 0 Å². The van der Waals surface area contributed by atoms with Gasteiger partial charge in [0.2, 0.25) is 0 Å². The monoisotopic (exact) mass is 225 g/mol. The molecule has 0 spiro atoms. The molecule has 0 unspecified atom stereocenters. The molecule has 16 heavy (non-hydrogen) atoms. The van der Waals surface area contributed by atoms with Gasteiger partial charge in [0.05, 0.1) is 7.85 Å². The van der Waals surface area contributed by atoms with E-state index in [1.807, 2.05) is 27.7 Å². The Bertz CT molecular complexity index is 260. The lowest BCUT2D eigenvalue weighted by atomic mass is 9.80. The van der Waals surface area contributed by atoms with Gasteiger partial charge in [-0.15, -0.1) is 0 Å². The van der Waals surface area contributed by atoms with E-state index in [1.165, 1.54) is 5.06 Å². The van der Waals surface area contributed by atoms with Gasteiger partial charge < -0.3 is 9.94 Å². The van der Waals surface area contributed by atoms with E-state index >= 15 is 0 Å². The van der Waals surface area contributed by atoms with Crippen LogP contribution in [0.25, 0.3) is 0 Å². The maximum Gasteiger partial charge on any atom is 0.297 e. The summed E-state index contributed by atoms with van der Waals surface area (Å²) in [7, 11) is 5.22. The number of esters is 1. The van der Waals surface area contributed by atoms with Gasteiger partial charge in [0, 0.05) is 30.2 Å². The average Bonchev–Trinajstić information content (AvgIpc) is 2.13. The summed E-state index contributed by atoms with van der Waals surface area (Å²) in [4.78, 5) is 11.2. The maximum atomic E-state index is 11.2. The summed E-state index contributed by atoms with van der Waals surface area (Å²) in [6.07, 6.45) is 0.946.